The highest BCUT2D eigenvalue weighted by Crippen LogP contribution is 2.28. The van der Waals surface area contributed by atoms with Crippen molar-refractivity contribution in [2.24, 2.45) is 0 Å². The number of carboxylic acids is 1. The number of nitrogens with zero attached hydrogens (tertiary/aromatic N) is 1. The Bertz CT molecular complexity index is 449. The molecule has 0 amide bonds. The molecule has 0 saturated carbocycles. The quantitative estimate of drug-likeness (QED) is 0.903. The van der Waals surface area contributed by atoms with E-state index in [0.29, 0.717) is 26.1 Å². The van der Waals surface area contributed by atoms with Gasteiger partial charge in [0, 0.05) is 38.9 Å². The summed E-state index contributed by atoms with van der Waals surface area (Å²) < 4.78 is 26.1. The van der Waals surface area contributed by atoms with Crippen LogP contribution >= 0.6 is 0 Å². The summed E-state index contributed by atoms with van der Waals surface area (Å²) >= 11 is 0. The van der Waals surface area contributed by atoms with Gasteiger partial charge in [0.2, 0.25) is 0 Å². The lowest BCUT2D eigenvalue weighted by molar-refractivity contribution is -0.136. The lowest BCUT2D eigenvalue weighted by atomic mass is 10.0. The second-order valence-corrected chi connectivity index (χ2v) is 5.34. The number of alkyl halides is 2. The standard InChI is InChI=1S/C15H19F2NO2/c16-15(17)7-9-18(10-8-15)11-13-3-1-12(2-4-13)5-6-14(19)20/h1-4H,5-11H2,(H,19,20). The number of aliphatic carboxylic acids is 1. The number of benzene rings is 1. The van der Waals surface area contributed by atoms with Crippen molar-refractivity contribution in [1.29, 1.82) is 0 Å². The molecule has 3 nitrogen and oxygen atoms in total. The van der Waals surface area contributed by atoms with Crippen LogP contribution in [0, 0.1) is 0 Å². The van der Waals surface area contributed by atoms with Crippen molar-refractivity contribution >= 4 is 5.97 Å². The number of hydrogen-bond donors (Lipinski definition) is 1. The highest BCUT2D eigenvalue weighted by Gasteiger charge is 2.33. The monoisotopic (exact) mass is 283 g/mol. The van der Waals surface area contributed by atoms with Crippen molar-refractivity contribution in [1.82, 2.24) is 4.90 Å². The first-order valence-electron chi connectivity index (χ1n) is 6.84. The zero-order valence-corrected chi connectivity index (χ0v) is 11.3. The van der Waals surface area contributed by atoms with Gasteiger partial charge in [-0.05, 0) is 17.5 Å². The summed E-state index contributed by atoms with van der Waals surface area (Å²) in [6.45, 7) is 1.52. The Labute approximate surface area is 117 Å². The Morgan fingerprint density at radius 1 is 1.15 bits per heavy atom. The number of carbonyl (C=O) groups is 1. The molecule has 1 fully saturated rings. The van der Waals surface area contributed by atoms with E-state index in [9.17, 15) is 13.6 Å². The van der Waals surface area contributed by atoms with Crippen molar-refractivity contribution in [3.05, 3.63) is 35.4 Å². The van der Waals surface area contributed by atoms with E-state index < -0.39 is 11.9 Å². The third-order valence-corrected chi connectivity index (χ3v) is 3.64. The molecule has 2 rings (SSSR count). The fourth-order valence-corrected chi connectivity index (χ4v) is 2.36. The van der Waals surface area contributed by atoms with E-state index in [-0.39, 0.29) is 19.3 Å². The van der Waals surface area contributed by atoms with E-state index in [1.165, 1.54) is 0 Å². The SMILES string of the molecule is O=C(O)CCc1ccc(CN2CCC(F)(F)CC2)cc1. The molecule has 0 aromatic heterocycles. The lowest BCUT2D eigenvalue weighted by Crippen LogP contribution is -2.38. The van der Waals surface area contributed by atoms with Crippen LogP contribution < -0.4 is 0 Å². The molecular formula is C15H19F2NO2. The van der Waals surface area contributed by atoms with Gasteiger partial charge < -0.3 is 5.11 Å². The second-order valence-electron chi connectivity index (χ2n) is 5.34. The van der Waals surface area contributed by atoms with E-state index >= 15 is 0 Å². The molecule has 1 N–H and O–H groups in total. The average Bonchev–Trinajstić information content (AvgIpc) is 2.40. The van der Waals surface area contributed by atoms with Crippen LogP contribution in [0.1, 0.15) is 30.4 Å². The Balaban J connectivity index is 1.83. The summed E-state index contributed by atoms with van der Waals surface area (Å²) in [5.74, 6) is -3.31. The first kappa shape index (κ1) is 14.9. The normalized spacial score (nSPS) is 18.9. The van der Waals surface area contributed by atoms with E-state index in [2.05, 4.69) is 0 Å². The van der Waals surface area contributed by atoms with Crippen molar-refractivity contribution in [3.8, 4) is 0 Å². The van der Waals surface area contributed by atoms with Crippen LogP contribution in [0.3, 0.4) is 0 Å². The molecule has 1 aliphatic rings. The van der Waals surface area contributed by atoms with Gasteiger partial charge in [0.15, 0.2) is 0 Å². The van der Waals surface area contributed by atoms with Crippen LogP contribution in [-0.2, 0) is 17.8 Å². The topological polar surface area (TPSA) is 40.5 Å². The predicted octanol–water partition coefficient (Wildman–Crippen LogP) is 2.93. The zero-order valence-electron chi connectivity index (χ0n) is 11.3. The van der Waals surface area contributed by atoms with Crippen LogP contribution in [-0.4, -0.2) is 35.0 Å². The number of halogens is 2. The van der Waals surface area contributed by atoms with Crippen LogP contribution in [0.15, 0.2) is 24.3 Å². The molecule has 1 saturated heterocycles. The summed E-state index contributed by atoms with van der Waals surface area (Å²) in [6.07, 6.45) is 0.513. The molecule has 0 atom stereocenters. The maximum absolute atomic E-state index is 13.0. The maximum atomic E-state index is 13.0. The molecule has 20 heavy (non-hydrogen) atoms. The fraction of sp³-hybridized carbons (Fsp3) is 0.533. The zero-order chi connectivity index (χ0) is 14.6. The number of likely N-dealkylation sites (tertiary alicyclic amines) is 1. The highest BCUT2D eigenvalue weighted by molar-refractivity contribution is 5.67. The van der Waals surface area contributed by atoms with E-state index in [1.807, 2.05) is 29.2 Å². The third kappa shape index (κ3) is 4.56. The highest BCUT2D eigenvalue weighted by atomic mass is 19.3. The van der Waals surface area contributed by atoms with Gasteiger partial charge in [0.25, 0.3) is 5.92 Å². The summed E-state index contributed by atoms with van der Waals surface area (Å²) in [7, 11) is 0. The van der Waals surface area contributed by atoms with Gasteiger partial charge in [-0.15, -0.1) is 0 Å². The number of aryl methyl sites for hydroxylation is 1. The Morgan fingerprint density at radius 3 is 2.25 bits per heavy atom. The molecule has 0 bridgehead atoms. The van der Waals surface area contributed by atoms with Gasteiger partial charge in [0.1, 0.15) is 0 Å². The Hall–Kier alpha value is -1.49. The van der Waals surface area contributed by atoms with Crippen molar-refractivity contribution in [3.63, 3.8) is 0 Å². The number of rotatable bonds is 5. The Morgan fingerprint density at radius 2 is 1.70 bits per heavy atom. The second kappa shape index (κ2) is 6.31. The molecule has 5 heteroatoms. The van der Waals surface area contributed by atoms with Gasteiger partial charge >= 0.3 is 5.97 Å². The summed E-state index contributed by atoms with van der Waals surface area (Å²) in [4.78, 5) is 12.5. The number of carboxylic acid groups (broad SMARTS) is 1. The Kier molecular flexibility index (Phi) is 4.70. The average molecular weight is 283 g/mol. The minimum atomic E-state index is -2.50. The van der Waals surface area contributed by atoms with Crippen LogP contribution in [0.25, 0.3) is 0 Å². The minimum absolute atomic E-state index is 0.0658. The smallest absolute Gasteiger partial charge is 0.303 e. The molecule has 110 valence electrons. The molecular weight excluding hydrogens is 264 g/mol. The first-order chi connectivity index (χ1) is 9.44. The van der Waals surface area contributed by atoms with Crippen LogP contribution in [0.2, 0.25) is 0 Å². The molecule has 0 spiro atoms. The molecule has 1 heterocycles. The van der Waals surface area contributed by atoms with Gasteiger partial charge in [-0.25, -0.2) is 8.78 Å². The summed E-state index contributed by atoms with van der Waals surface area (Å²) in [5.41, 5.74) is 2.07. The van der Waals surface area contributed by atoms with Crippen molar-refractivity contribution in [2.75, 3.05) is 13.1 Å². The molecule has 0 aliphatic carbocycles. The van der Waals surface area contributed by atoms with Crippen molar-refractivity contribution in [2.45, 2.75) is 38.2 Å². The van der Waals surface area contributed by atoms with E-state index in [1.54, 1.807) is 0 Å². The van der Waals surface area contributed by atoms with Gasteiger partial charge in [-0.1, -0.05) is 24.3 Å². The van der Waals surface area contributed by atoms with Gasteiger partial charge in [-0.3, -0.25) is 9.69 Å². The lowest BCUT2D eigenvalue weighted by Gasteiger charge is -2.31. The minimum Gasteiger partial charge on any atom is -0.481 e. The number of piperidine rings is 1. The predicted molar refractivity (Wildman–Crippen MR) is 71.9 cm³/mol. The summed E-state index contributed by atoms with van der Waals surface area (Å²) in [6, 6.07) is 7.72. The summed E-state index contributed by atoms with van der Waals surface area (Å²) in [5, 5.41) is 8.62. The number of hydrogen-bond acceptors (Lipinski definition) is 2. The largest absolute Gasteiger partial charge is 0.481 e. The van der Waals surface area contributed by atoms with Gasteiger partial charge in [-0.2, -0.15) is 0 Å². The van der Waals surface area contributed by atoms with E-state index in [0.717, 1.165) is 11.1 Å². The van der Waals surface area contributed by atoms with Gasteiger partial charge in [0.05, 0.1) is 0 Å². The third-order valence-electron chi connectivity index (χ3n) is 3.64. The maximum Gasteiger partial charge on any atom is 0.303 e. The molecule has 0 radical (unpaired) electrons. The van der Waals surface area contributed by atoms with Crippen LogP contribution in [0.4, 0.5) is 8.78 Å². The van der Waals surface area contributed by atoms with Crippen LogP contribution in [0.5, 0.6) is 0 Å². The first-order valence-corrected chi connectivity index (χ1v) is 6.84. The molecule has 1 aliphatic heterocycles. The molecule has 1 aromatic carbocycles. The fourth-order valence-electron chi connectivity index (χ4n) is 2.36. The van der Waals surface area contributed by atoms with E-state index in [4.69, 9.17) is 5.11 Å². The molecule has 0 unspecified atom stereocenters. The van der Waals surface area contributed by atoms with Crippen molar-refractivity contribution < 1.29 is 18.7 Å². The molecule has 1 aromatic rings.